The van der Waals surface area contributed by atoms with Crippen molar-refractivity contribution in [1.82, 2.24) is 10.5 Å². The molecule has 4 aromatic rings. The molecular weight excluding hydrogens is 420 g/mol. The summed E-state index contributed by atoms with van der Waals surface area (Å²) < 4.78 is 11.3. The van der Waals surface area contributed by atoms with Crippen LogP contribution in [-0.4, -0.2) is 23.6 Å². The van der Waals surface area contributed by atoms with Gasteiger partial charge in [-0.25, -0.2) is 0 Å². The maximum absolute atomic E-state index is 12.3. The number of esters is 1. The highest BCUT2D eigenvalue weighted by Gasteiger charge is 2.18. The number of nitrogens with zero attached hydrogens (tertiary/aromatic N) is 1. The molecule has 142 valence electrons. The molecule has 0 spiro atoms. The van der Waals surface area contributed by atoms with Gasteiger partial charge in [0.05, 0.1) is 9.90 Å². The second-order valence-electron chi connectivity index (χ2n) is 5.74. The first-order valence-corrected chi connectivity index (χ1v) is 10.3. The molecule has 0 unspecified atom stereocenters. The quantitative estimate of drug-likeness (QED) is 0.445. The predicted octanol–water partition coefficient (Wildman–Crippen LogP) is 4.74. The number of ether oxygens (including phenoxy) is 1. The molecule has 6 nitrogen and oxygen atoms in total. The molecule has 9 heteroatoms. The lowest BCUT2D eigenvalue weighted by atomic mass is 10.2. The molecule has 0 atom stereocenters. The van der Waals surface area contributed by atoms with Gasteiger partial charge < -0.3 is 14.6 Å². The van der Waals surface area contributed by atoms with Gasteiger partial charge in [-0.15, -0.1) is 22.7 Å². The minimum Gasteiger partial charge on any atom is -0.458 e. The van der Waals surface area contributed by atoms with Crippen molar-refractivity contribution in [3.8, 4) is 10.6 Å². The fourth-order valence-electron chi connectivity index (χ4n) is 2.51. The summed E-state index contributed by atoms with van der Waals surface area (Å²) >= 11 is 9.07. The van der Waals surface area contributed by atoms with E-state index < -0.39 is 11.9 Å². The first kappa shape index (κ1) is 18.7. The van der Waals surface area contributed by atoms with Gasteiger partial charge in [0, 0.05) is 16.2 Å². The SMILES string of the molecule is O=C(CNC(=O)c1sc2ccccc2c1Cl)OCc1cc(-c2cccs2)on1. The third-order valence-corrected chi connectivity index (χ3v) is 6.40. The monoisotopic (exact) mass is 432 g/mol. The number of hydrogen-bond acceptors (Lipinski definition) is 7. The van der Waals surface area contributed by atoms with Crippen molar-refractivity contribution in [2.75, 3.05) is 6.54 Å². The fraction of sp³-hybridized carbons (Fsp3) is 0.105. The van der Waals surface area contributed by atoms with Gasteiger partial charge in [-0.3, -0.25) is 9.59 Å². The van der Waals surface area contributed by atoms with Gasteiger partial charge >= 0.3 is 5.97 Å². The highest BCUT2D eigenvalue weighted by Crippen LogP contribution is 2.34. The van der Waals surface area contributed by atoms with E-state index in [9.17, 15) is 9.59 Å². The van der Waals surface area contributed by atoms with E-state index in [1.807, 2.05) is 41.8 Å². The predicted molar refractivity (Wildman–Crippen MR) is 109 cm³/mol. The fourth-order valence-corrected chi connectivity index (χ4v) is 4.62. The maximum Gasteiger partial charge on any atom is 0.325 e. The Labute approximate surface area is 172 Å². The Morgan fingerprint density at radius 2 is 2.07 bits per heavy atom. The van der Waals surface area contributed by atoms with Crippen LogP contribution >= 0.6 is 34.3 Å². The summed E-state index contributed by atoms with van der Waals surface area (Å²) in [6.07, 6.45) is 0. The number of aromatic nitrogens is 1. The summed E-state index contributed by atoms with van der Waals surface area (Å²) in [5, 5.41) is 9.54. The van der Waals surface area contributed by atoms with Crippen molar-refractivity contribution in [1.29, 1.82) is 0 Å². The van der Waals surface area contributed by atoms with Crippen LogP contribution in [0.5, 0.6) is 0 Å². The Morgan fingerprint density at radius 3 is 2.86 bits per heavy atom. The largest absolute Gasteiger partial charge is 0.458 e. The molecule has 0 saturated heterocycles. The average Bonchev–Trinajstić information content (AvgIpc) is 3.45. The summed E-state index contributed by atoms with van der Waals surface area (Å²) in [6, 6.07) is 13.0. The molecule has 1 N–H and O–H groups in total. The van der Waals surface area contributed by atoms with Crippen LogP contribution in [0.15, 0.2) is 52.4 Å². The maximum atomic E-state index is 12.3. The molecule has 0 fully saturated rings. The van der Waals surface area contributed by atoms with Gasteiger partial charge in [0.1, 0.15) is 23.7 Å². The molecule has 0 aliphatic carbocycles. The van der Waals surface area contributed by atoms with Gasteiger partial charge in [-0.1, -0.05) is 41.0 Å². The molecule has 0 saturated carbocycles. The van der Waals surface area contributed by atoms with E-state index in [-0.39, 0.29) is 13.2 Å². The number of nitrogens with one attached hydrogen (secondary N) is 1. The first-order chi connectivity index (χ1) is 13.6. The number of halogens is 1. The summed E-state index contributed by atoms with van der Waals surface area (Å²) in [7, 11) is 0. The van der Waals surface area contributed by atoms with E-state index in [1.165, 1.54) is 22.7 Å². The topological polar surface area (TPSA) is 81.4 Å². The first-order valence-electron chi connectivity index (χ1n) is 8.22. The van der Waals surface area contributed by atoms with E-state index >= 15 is 0 Å². The van der Waals surface area contributed by atoms with Crippen molar-refractivity contribution in [2.24, 2.45) is 0 Å². The Kier molecular flexibility index (Phi) is 5.43. The van der Waals surface area contributed by atoms with Gasteiger partial charge in [0.2, 0.25) is 0 Å². The lowest BCUT2D eigenvalue weighted by Gasteiger charge is -2.04. The van der Waals surface area contributed by atoms with Crippen LogP contribution in [-0.2, 0) is 16.1 Å². The lowest BCUT2D eigenvalue weighted by molar-refractivity contribution is -0.143. The molecule has 3 aromatic heterocycles. The molecule has 4 rings (SSSR count). The normalized spacial score (nSPS) is 10.9. The van der Waals surface area contributed by atoms with E-state index in [0.29, 0.717) is 21.4 Å². The molecular formula is C19H13ClN2O4S2. The molecule has 1 amide bonds. The summed E-state index contributed by atoms with van der Waals surface area (Å²) in [4.78, 5) is 25.6. The molecule has 0 aliphatic heterocycles. The second-order valence-corrected chi connectivity index (χ2v) is 8.12. The minimum absolute atomic E-state index is 0.0345. The number of hydrogen-bond donors (Lipinski definition) is 1. The van der Waals surface area contributed by atoms with Gasteiger partial charge in [0.25, 0.3) is 5.91 Å². The highest BCUT2D eigenvalue weighted by molar-refractivity contribution is 7.21. The molecule has 0 bridgehead atoms. The van der Waals surface area contributed by atoms with Crippen LogP contribution in [0.25, 0.3) is 20.7 Å². The van der Waals surface area contributed by atoms with Crippen molar-refractivity contribution in [3.63, 3.8) is 0 Å². The van der Waals surface area contributed by atoms with E-state index in [2.05, 4.69) is 10.5 Å². The standard InChI is InChI=1S/C19H13ClN2O4S2/c20-17-12-4-1-2-5-14(12)28-18(17)19(24)21-9-16(23)25-10-11-8-13(26-22-11)15-6-3-7-27-15/h1-8H,9-10H2,(H,21,24). The number of rotatable bonds is 6. The Hall–Kier alpha value is -2.68. The summed E-state index contributed by atoms with van der Waals surface area (Å²) in [5.41, 5.74) is 0.496. The molecule has 0 radical (unpaired) electrons. The van der Waals surface area contributed by atoms with E-state index in [4.69, 9.17) is 20.9 Å². The van der Waals surface area contributed by atoms with Crippen LogP contribution in [0.3, 0.4) is 0 Å². The molecule has 1 aromatic carbocycles. The van der Waals surface area contributed by atoms with Crippen LogP contribution in [0.1, 0.15) is 15.4 Å². The molecule has 28 heavy (non-hydrogen) atoms. The Morgan fingerprint density at radius 1 is 1.21 bits per heavy atom. The van der Waals surface area contributed by atoms with E-state index in [0.717, 1.165) is 15.0 Å². The minimum atomic E-state index is -0.578. The smallest absolute Gasteiger partial charge is 0.325 e. The van der Waals surface area contributed by atoms with Crippen LogP contribution in [0.2, 0.25) is 5.02 Å². The van der Waals surface area contributed by atoms with Crippen LogP contribution in [0, 0.1) is 0 Å². The third kappa shape index (κ3) is 3.94. The van der Waals surface area contributed by atoms with Crippen LogP contribution in [0.4, 0.5) is 0 Å². The van der Waals surface area contributed by atoms with Gasteiger partial charge in [0.15, 0.2) is 5.76 Å². The highest BCUT2D eigenvalue weighted by atomic mass is 35.5. The Bertz CT molecular complexity index is 1130. The molecule has 3 heterocycles. The van der Waals surface area contributed by atoms with Crippen molar-refractivity contribution < 1.29 is 18.8 Å². The van der Waals surface area contributed by atoms with Crippen molar-refractivity contribution in [2.45, 2.75) is 6.61 Å². The zero-order valence-electron chi connectivity index (χ0n) is 14.3. The zero-order valence-corrected chi connectivity index (χ0v) is 16.7. The Balaban J connectivity index is 1.30. The molecule has 0 aliphatic rings. The van der Waals surface area contributed by atoms with E-state index in [1.54, 1.807) is 6.07 Å². The number of amides is 1. The average molecular weight is 433 g/mol. The number of carbonyl (C=O) groups excluding carboxylic acids is 2. The number of benzene rings is 1. The van der Waals surface area contributed by atoms with Crippen molar-refractivity contribution in [3.05, 3.63) is 63.4 Å². The summed E-state index contributed by atoms with van der Waals surface area (Å²) in [5.74, 6) is -0.371. The number of fused-ring (bicyclic) bond motifs is 1. The van der Waals surface area contributed by atoms with Gasteiger partial charge in [-0.05, 0) is 17.5 Å². The third-order valence-electron chi connectivity index (χ3n) is 3.84. The van der Waals surface area contributed by atoms with Crippen molar-refractivity contribution >= 4 is 56.2 Å². The van der Waals surface area contributed by atoms with Crippen LogP contribution < -0.4 is 5.32 Å². The lowest BCUT2D eigenvalue weighted by Crippen LogP contribution is -2.30. The number of thiophene rings is 2. The van der Waals surface area contributed by atoms with Gasteiger partial charge in [-0.2, -0.15) is 0 Å². The zero-order chi connectivity index (χ0) is 19.5. The number of carbonyl (C=O) groups is 2. The summed E-state index contributed by atoms with van der Waals surface area (Å²) in [6.45, 7) is -0.299. The second kappa shape index (κ2) is 8.14.